The zero-order valence-corrected chi connectivity index (χ0v) is 21.1. The summed E-state index contributed by atoms with van der Waals surface area (Å²) in [6.07, 6.45) is 6.04. The Morgan fingerprint density at radius 2 is 1.76 bits per heavy atom. The lowest BCUT2D eigenvalue weighted by Gasteiger charge is -2.33. The first kappa shape index (κ1) is 24.7. The van der Waals surface area contributed by atoms with Gasteiger partial charge < -0.3 is 10.2 Å². The number of aryl methyl sites for hydroxylation is 1. The fourth-order valence-corrected chi connectivity index (χ4v) is 5.34. The number of ketones is 1. The quantitative estimate of drug-likeness (QED) is 0.562. The van der Waals surface area contributed by atoms with Crippen molar-refractivity contribution in [3.05, 3.63) is 70.8 Å². The second-order valence-corrected chi connectivity index (χ2v) is 11.4. The van der Waals surface area contributed by atoms with E-state index in [9.17, 15) is 9.59 Å². The van der Waals surface area contributed by atoms with Crippen molar-refractivity contribution in [3.63, 3.8) is 0 Å². The van der Waals surface area contributed by atoms with Crippen molar-refractivity contribution in [2.24, 2.45) is 11.3 Å². The van der Waals surface area contributed by atoms with Crippen molar-refractivity contribution in [2.45, 2.75) is 65.2 Å². The highest BCUT2D eigenvalue weighted by molar-refractivity contribution is 6.02. The van der Waals surface area contributed by atoms with Crippen LogP contribution in [0.2, 0.25) is 0 Å². The number of benzene rings is 2. The minimum Gasteiger partial charge on any atom is -0.352 e. The number of nitrogens with zero attached hydrogens (tertiary/aromatic N) is 1. The number of carbonyl (C=O) groups is 2. The third-order valence-corrected chi connectivity index (χ3v) is 7.58. The molecule has 1 unspecified atom stereocenters. The smallest absolute Gasteiger partial charge is 0.251 e. The average Bonchev–Trinajstić information content (AvgIpc) is 2.83. The first-order valence-electron chi connectivity index (χ1n) is 13.0. The summed E-state index contributed by atoms with van der Waals surface area (Å²) in [5, 5.41) is 3.02. The van der Waals surface area contributed by atoms with Crippen molar-refractivity contribution in [2.75, 3.05) is 26.2 Å². The lowest BCUT2D eigenvalue weighted by atomic mass is 9.80. The largest absolute Gasteiger partial charge is 0.352 e. The normalized spacial score (nSPS) is 19.6. The van der Waals surface area contributed by atoms with Crippen LogP contribution in [0, 0.1) is 11.3 Å². The van der Waals surface area contributed by atoms with Gasteiger partial charge >= 0.3 is 0 Å². The summed E-state index contributed by atoms with van der Waals surface area (Å²) >= 11 is 0. The Morgan fingerprint density at radius 1 is 1.03 bits per heavy atom. The number of piperidine rings is 1. The highest BCUT2D eigenvalue weighted by Crippen LogP contribution is 2.31. The number of likely N-dealkylation sites (tertiary alicyclic amines) is 1. The van der Waals surface area contributed by atoms with Crippen molar-refractivity contribution in [1.82, 2.24) is 10.2 Å². The van der Waals surface area contributed by atoms with Gasteiger partial charge in [-0.2, -0.15) is 0 Å². The van der Waals surface area contributed by atoms with Crippen LogP contribution in [0.5, 0.6) is 0 Å². The van der Waals surface area contributed by atoms with Gasteiger partial charge in [0.05, 0.1) is 0 Å². The number of nitrogens with one attached hydrogen (secondary N) is 1. The highest BCUT2D eigenvalue weighted by Gasteiger charge is 2.29. The van der Waals surface area contributed by atoms with Crippen LogP contribution < -0.4 is 5.32 Å². The van der Waals surface area contributed by atoms with Gasteiger partial charge in [-0.15, -0.1) is 0 Å². The van der Waals surface area contributed by atoms with Gasteiger partial charge in [0, 0.05) is 23.6 Å². The lowest BCUT2D eigenvalue weighted by Crippen LogP contribution is -2.35. The van der Waals surface area contributed by atoms with E-state index in [1.165, 1.54) is 18.4 Å². The van der Waals surface area contributed by atoms with E-state index in [-0.39, 0.29) is 23.0 Å². The van der Waals surface area contributed by atoms with Crippen molar-refractivity contribution in [1.29, 1.82) is 0 Å². The molecule has 0 saturated carbocycles. The molecule has 4 nitrogen and oxygen atoms in total. The molecule has 0 aromatic heterocycles. The Hall–Kier alpha value is -2.46. The molecule has 1 heterocycles. The molecule has 1 aliphatic heterocycles. The van der Waals surface area contributed by atoms with Crippen LogP contribution in [-0.4, -0.2) is 42.8 Å². The molecule has 1 aliphatic carbocycles. The monoisotopic (exact) mass is 460 g/mol. The summed E-state index contributed by atoms with van der Waals surface area (Å²) in [6.45, 7) is 10.4. The molecule has 0 bridgehead atoms. The number of carbonyl (C=O) groups excluding carboxylic acids is 2. The van der Waals surface area contributed by atoms with Crippen molar-refractivity contribution >= 4 is 11.7 Å². The summed E-state index contributed by atoms with van der Waals surface area (Å²) in [4.78, 5) is 28.3. The number of Topliss-reactive ketones (excluding diaryl/α,β-unsaturated/α-hetero) is 1. The van der Waals surface area contributed by atoms with Gasteiger partial charge in [0.1, 0.15) is 0 Å². The van der Waals surface area contributed by atoms with E-state index < -0.39 is 0 Å². The number of hydrogen-bond acceptors (Lipinski definition) is 3. The van der Waals surface area contributed by atoms with E-state index in [1.807, 2.05) is 18.2 Å². The van der Waals surface area contributed by atoms with E-state index in [4.69, 9.17) is 0 Å². The minimum atomic E-state index is -0.0412. The predicted octanol–water partition coefficient (Wildman–Crippen LogP) is 5.87. The van der Waals surface area contributed by atoms with Crippen LogP contribution in [-0.2, 0) is 6.42 Å². The Balaban J connectivity index is 1.26. The number of fused-ring (bicyclic) bond motifs is 1. The number of hydrogen-bond donors (Lipinski definition) is 1. The van der Waals surface area contributed by atoms with Crippen molar-refractivity contribution in [3.8, 4) is 0 Å². The molecule has 34 heavy (non-hydrogen) atoms. The van der Waals surface area contributed by atoms with Gasteiger partial charge in [-0.05, 0) is 92.8 Å². The molecule has 1 amide bonds. The van der Waals surface area contributed by atoms with Gasteiger partial charge in [-0.1, -0.05) is 57.2 Å². The number of rotatable bonds is 7. The molecule has 0 spiro atoms. The van der Waals surface area contributed by atoms with Crippen LogP contribution in [0.15, 0.2) is 48.5 Å². The summed E-state index contributed by atoms with van der Waals surface area (Å²) < 4.78 is 0. The predicted molar refractivity (Wildman–Crippen MR) is 138 cm³/mol. The molecule has 1 fully saturated rings. The molecule has 1 saturated heterocycles. The Kier molecular flexibility index (Phi) is 7.88. The van der Waals surface area contributed by atoms with E-state index in [1.54, 1.807) is 0 Å². The zero-order valence-electron chi connectivity index (χ0n) is 21.1. The van der Waals surface area contributed by atoms with Gasteiger partial charge in [-0.3, -0.25) is 9.59 Å². The van der Waals surface area contributed by atoms with Crippen LogP contribution in [0.4, 0.5) is 0 Å². The molecule has 4 rings (SSSR count). The zero-order chi connectivity index (χ0) is 24.1. The lowest BCUT2D eigenvalue weighted by molar-refractivity contribution is 0.0875. The summed E-state index contributed by atoms with van der Waals surface area (Å²) in [5.74, 6) is 0.993. The molecule has 2 aromatic carbocycles. The third-order valence-electron chi connectivity index (χ3n) is 7.58. The van der Waals surface area contributed by atoms with E-state index >= 15 is 0 Å². The Labute approximate surface area is 205 Å². The van der Waals surface area contributed by atoms with Crippen LogP contribution >= 0.6 is 0 Å². The highest BCUT2D eigenvalue weighted by atomic mass is 16.1. The maximum absolute atomic E-state index is 13.2. The molecular weight excluding hydrogens is 420 g/mol. The Bertz CT molecular complexity index is 985. The fraction of sp³-hybridized carbons (Fsp3) is 0.533. The van der Waals surface area contributed by atoms with Gasteiger partial charge in [0.25, 0.3) is 5.91 Å². The number of amides is 1. The summed E-state index contributed by atoms with van der Waals surface area (Å²) in [5.41, 5.74) is 4.19. The SMILES string of the molecule is CC(C)(C)CCNC(=O)c1ccc2c(c1)CCC(CCN1CCC(c3ccccc3)CC1)C2=O. The standard InChI is InChI=1S/C30H40N2O2/c1-30(2,3)16-17-31-29(34)26-11-12-27-25(21-26)10-9-24(28(27)33)15-20-32-18-13-23(14-19-32)22-7-5-4-6-8-22/h4-8,11-12,21,23-24H,9-10,13-20H2,1-3H3,(H,31,34). The molecule has 4 heteroatoms. The first-order valence-corrected chi connectivity index (χ1v) is 13.0. The Morgan fingerprint density at radius 3 is 2.47 bits per heavy atom. The summed E-state index contributed by atoms with van der Waals surface area (Å²) in [7, 11) is 0. The second kappa shape index (κ2) is 10.9. The first-order chi connectivity index (χ1) is 16.3. The molecule has 1 atom stereocenters. The minimum absolute atomic E-state index is 0.0412. The average molecular weight is 461 g/mol. The van der Waals surface area contributed by atoms with Crippen LogP contribution in [0.25, 0.3) is 0 Å². The second-order valence-electron chi connectivity index (χ2n) is 11.4. The van der Waals surface area contributed by atoms with Crippen LogP contribution in [0.3, 0.4) is 0 Å². The molecule has 1 N–H and O–H groups in total. The maximum Gasteiger partial charge on any atom is 0.251 e. The molecule has 0 radical (unpaired) electrons. The molecular formula is C30H40N2O2. The van der Waals surface area contributed by atoms with E-state index in [0.29, 0.717) is 18.0 Å². The molecule has 2 aliphatic rings. The van der Waals surface area contributed by atoms with E-state index in [2.05, 4.69) is 61.3 Å². The maximum atomic E-state index is 13.2. The van der Waals surface area contributed by atoms with Crippen LogP contribution in [0.1, 0.15) is 90.6 Å². The molecule has 182 valence electrons. The van der Waals surface area contributed by atoms with Gasteiger partial charge in [0.2, 0.25) is 0 Å². The summed E-state index contributed by atoms with van der Waals surface area (Å²) in [6, 6.07) is 16.5. The van der Waals surface area contributed by atoms with Gasteiger partial charge in [-0.25, -0.2) is 0 Å². The molecule has 2 aromatic rings. The van der Waals surface area contributed by atoms with E-state index in [0.717, 1.165) is 56.4 Å². The fourth-order valence-electron chi connectivity index (χ4n) is 5.34. The van der Waals surface area contributed by atoms with Crippen molar-refractivity contribution < 1.29 is 9.59 Å². The van der Waals surface area contributed by atoms with Gasteiger partial charge in [0.15, 0.2) is 5.78 Å². The third kappa shape index (κ3) is 6.35. The topological polar surface area (TPSA) is 49.4 Å².